The van der Waals surface area contributed by atoms with Crippen molar-refractivity contribution in [1.82, 2.24) is 9.55 Å². The Labute approximate surface area is 88.2 Å². The van der Waals surface area contributed by atoms with Gasteiger partial charge in [-0.25, -0.2) is 4.98 Å². The van der Waals surface area contributed by atoms with Gasteiger partial charge in [0.2, 0.25) is 0 Å². The van der Waals surface area contributed by atoms with Crippen molar-refractivity contribution < 1.29 is 4.42 Å². The molecule has 3 nitrogen and oxygen atoms in total. The number of hydrogen-bond acceptors (Lipinski definition) is 3. The van der Waals surface area contributed by atoms with Crippen LogP contribution in [0.15, 0.2) is 40.4 Å². The van der Waals surface area contributed by atoms with Crippen molar-refractivity contribution >= 4 is 12.6 Å². The van der Waals surface area contributed by atoms with E-state index < -0.39 is 0 Å². The molecule has 0 bridgehead atoms. The summed E-state index contributed by atoms with van der Waals surface area (Å²) in [4.78, 5) is 4.05. The molecule has 2 aromatic rings. The lowest BCUT2D eigenvalue weighted by Crippen LogP contribution is -2.04. The topological polar surface area (TPSA) is 31.0 Å². The van der Waals surface area contributed by atoms with Gasteiger partial charge in [-0.2, -0.15) is 0 Å². The van der Waals surface area contributed by atoms with E-state index in [1.807, 2.05) is 22.9 Å². The Morgan fingerprint density at radius 2 is 2.50 bits per heavy atom. The largest absolute Gasteiger partial charge is 0.469 e. The number of thiol groups is 1. The second-order valence-corrected chi connectivity index (χ2v) is 3.70. The molecule has 14 heavy (non-hydrogen) atoms. The summed E-state index contributed by atoms with van der Waals surface area (Å²) in [6.07, 6.45) is 5.36. The van der Waals surface area contributed by atoms with Crippen LogP contribution in [0.1, 0.15) is 18.6 Å². The van der Waals surface area contributed by atoms with Crippen molar-refractivity contribution in [2.45, 2.75) is 24.5 Å². The van der Waals surface area contributed by atoms with Gasteiger partial charge < -0.3 is 8.98 Å². The van der Waals surface area contributed by atoms with E-state index >= 15 is 0 Å². The number of nitrogens with zero attached hydrogens (tertiary/aromatic N) is 2. The molecule has 0 N–H and O–H groups in total. The van der Waals surface area contributed by atoms with Crippen LogP contribution < -0.4 is 0 Å². The lowest BCUT2D eigenvalue weighted by molar-refractivity contribution is 0.436. The molecule has 2 heterocycles. The maximum absolute atomic E-state index is 5.33. The first-order valence-corrected chi connectivity index (χ1v) is 4.95. The first-order valence-electron chi connectivity index (χ1n) is 4.51. The quantitative estimate of drug-likeness (QED) is 0.786. The van der Waals surface area contributed by atoms with E-state index in [1.54, 1.807) is 12.5 Å². The first-order chi connectivity index (χ1) is 6.77. The fraction of sp³-hybridized carbons (Fsp3) is 0.300. The van der Waals surface area contributed by atoms with Gasteiger partial charge in [0.05, 0.1) is 6.26 Å². The summed E-state index contributed by atoms with van der Waals surface area (Å²) in [7, 11) is 0. The van der Waals surface area contributed by atoms with Crippen LogP contribution in [0.2, 0.25) is 0 Å². The molecule has 0 radical (unpaired) electrons. The van der Waals surface area contributed by atoms with Gasteiger partial charge in [0, 0.05) is 24.9 Å². The number of aromatic nitrogens is 2. The van der Waals surface area contributed by atoms with Gasteiger partial charge in [-0.3, -0.25) is 0 Å². The van der Waals surface area contributed by atoms with Crippen molar-refractivity contribution in [2.24, 2.45) is 0 Å². The van der Waals surface area contributed by atoms with Gasteiger partial charge in [0.15, 0.2) is 5.16 Å². The summed E-state index contributed by atoms with van der Waals surface area (Å²) < 4.78 is 7.32. The predicted molar refractivity (Wildman–Crippen MR) is 56.6 cm³/mol. The molecule has 0 spiro atoms. The number of hydrogen-bond donors (Lipinski definition) is 1. The highest BCUT2D eigenvalue weighted by molar-refractivity contribution is 7.80. The second-order valence-electron chi connectivity index (χ2n) is 3.30. The molecule has 4 heteroatoms. The standard InChI is InChI=1S/C10H12N2OS/c1-8(9-3-2-6-13-9)7-12-5-4-11-10(12)14/h2-6,8H,7H2,1H3,(H,11,14). The Morgan fingerprint density at radius 3 is 3.07 bits per heavy atom. The third-order valence-electron chi connectivity index (χ3n) is 2.19. The normalized spacial score (nSPS) is 13.0. The van der Waals surface area contributed by atoms with Gasteiger partial charge in [0.25, 0.3) is 0 Å². The van der Waals surface area contributed by atoms with Crippen molar-refractivity contribution in [3.8, 4) is 0 Å². The molecule has 74 valence electrons. The fourth-order valence-corrected chi connectivity index (χ4v) is 1.64. The van der Waals surface area contributed by atoms with Crippen LogP contribution in [0, 0.1) is 0 Å². The minimum atomic E-state index is 0.338. The number of imidazole rings is 1. The Balaban J connectivity index is 2.09. The maximum atomic E-state index is 5.33. The zero-order valence-electron chi connectivity index (χ0n) is 7.92. The van der Waals surface area contributed by atoms with Crippen LogP contribution in [-0.2, 0) is 6.54 Å². The Morgan fingerprint density at radius 1 is 1.64 bits per heavy atom. The summed E-state index contributed by atoms with van der Waals surface area (Å²) in [5.41, 5.74) is 0. The van der Waals surface area contributed by atoms with Crippen LogP contribution in [0.5, 0.6) is 0 Å². The molecular formula is C10H12N2OS. The SMILES string of the molecule is CC(Cn1ccnc1S)c1ccco1. The lowest BCUT2D eigenvalue weighted by atomic mass is 10.1. The van der Waals surface area contributed by atoms with Crippen LogP contribution in [0.4, 0.5) is 0 Å². The van der Waals surface area contributed by atoms with Gasteiger partial charge in [-0.15, -0.1) is 12.6 Å². The van der Waals surface area contributed by atoms with Crippen molar-refractivity contribution in [2.75, 3.05) is 0 Å². The lowest BCUT2D eigenvalue weighted by Gasteiger charge is -2.10. The summed E-state index contributed by atoms with van der Waals surface area (Å²) in [5.74, 6) is 1.33. The van der Waals surface area contributed by atoms with Crippen molar-refractivity contribution in [3.05, 3.63) is 36.5 Å². The third kappa shape index (κ3) is 1.85. The molecule has 2 aromatic heterocycles. The van der Waals surface area contributed by atoms with E-state index in [4.69, 9.17) is 4.42 Å². The average molecular weight is 208 g/mol. The molecular weight excluding hydrogens is 196 g/mol. The minimum absolute atomic E-state index is 0.338. The molecule has 0 amide bonds. The zero-order chi connectivity index (χ0) is 9.97. The van der Waals surface area contributed by atoms with Gasteiger partial charge in [-0.05, 0) is 12.1 Å². The Kier molecular flexibility index (Phi) is 2.63. The smallest absolute Gasteiger partial charge is 0.164 e. The molecule has 0 saturated carbocycles. The predicted octanol–water partition coefficient (Wildman–Crippen LogP) is 2.57. The van der Waals surface area contributed by atoms with Gasteiger partial charge >= 0.3 is 0 Å². The molecule has 2 rings (SSSR count). The third-order valence-corrected chi connectivity index (χ3v) is 2.57. The second kappa shape index (κ2) is 3.92. The van der Waals surface area contributed by atoms with E-state index in [-0.39, 0.29) is 0 Å². The molecule has 0 saturated heterocycles. The number of furan rings is 1. The molecule has 1 atom stereocenters. The van der Waals surface area contributed by atoms with Crippen molar-refractivity contribution in [3.63, 3.8) is 0 Å². The van der Waals surface area contributed by atoms with Crippen molar-refractivity contribution in [1.29, 1.82) is 0 Å². The monoisotopic (exact) mass is 208 g/mol. The highest BCUT2D eigenvalue weighted by atomic mass is 32.1. The van der Waals surface area contributed by atoms with Crippen LogP contribution >= 0.6 is 12.6 Å². The summed E-state index contributed by atoms with van der Waals surface area (Å²) in [6, 6.07) is 3.89. The summed E-state index contributed by atoms with van der Waals surface area (Å²) in [5, 5.41) is 0.739. The molecule has 0 aliphatic heterocycles. The first kappa shape index (κ1) is 9.40. The van der Waals surface area contributed by atoms with E-state index in [0.717, 1.165) is 17.5 Å². The minimum Gasteiger partial charge on any atom is -0.469 e. The van der Waals surface area contributed by atoms with E-state index in [1.165, 1.54) is 0 Å². The molecule has 0 aliphatic carbocycles. The van der Waals surface area contributed by atoms with Gasteiger partial charge in [-0.1, -0.05) is 6.92 Å². The summed E-state index contributed by atoms with van der Waals surface area (Å²) >= 11 is 4.24. The zero-order valence-corrected chi connectivity index (χ0v) is 8.82. The number of rotatable bonds is 3. The van der Waals surface area contributed by atoms with Crippen LogP contribution in [0.25, 0.3) is 0 Å². The molecule has 0 fully saturated rings. The van der Waals surface area contributed by atoms with E-state index in [2.05, 4.69) is 24.5 Å². The van der Waals surface area contributed by atoms with Crippen LogP contribution in [-0.4, -0.2) is 9.55 Å². The maximum Gasteiger partial charge on any atom is 0.164 e. The summed E-state index contributed by atoms with van der Waals surface area (Å²) in [6.45, 7) is 2.96. The fourth-order valence-electron chi connectivity index (χ4n) is 1.42. The molecule has 0 aliphatic rings. The Bertz CT molecular complexity index is 394. The highest BCUT2D eigenvalue weighted by Gasteiger charge is 2.09. The van der Waals surface area contributed by atoms with E-state index in [9.17, 15) is 0 Å². The average Bonchev–Trinajstić information content (AvgIpc) is 2.77. The van der Waals surface area contributed by atoms with Gasteiger partial charge in [0.1, 0.15) is 5.76 Å². The van der Waals surface area contributed by atoms with Crippen LogP contribution in [0.3, 0.4) is 0 Å². The Hall–Kier alpha value is -1.16. The highest BCUT2D eigenvalue weighted by Crippen LogP contribution is 2.18. The molecule has 0 aromatic carbocycles. The van der Waals surface area contributed by atoms with E-state index in [0.29, 0.717) is 5.92 Å². The molecule has 1 unspecified atom stereocenters.